The van der Waals surface area contributed by atoms with Crippen molar-refractivity contribution in [1.82, 2.24) is 5.01 Å². The van der Waals surface area contributed by atoms with Crippen LogP contribution in [0.15, 0.2) is 5.29 Å². The number of rotatable bonds is 3. The summed E-state index contributed by atoms with van der Waals surface area (Å²) in [7, 11) is 0. The van der Waals surface area contributed by atoms with Crippen LogP contribution in [0, 0.1) is 4.91 Å². The summed E-state index contributed by atoms with van der Waals surface area (Å²) in [6, 6.07) is -0.829. The molecule has 9 heavy (non-hydrogen) atoms. The highest BCUT2D eigenvalue weighted by Gasteiger charge is 2.06. The van der Waals surface area contributed by atoms with Crippen LogP contribution in [-0.2, 0) is 0 Å². The predicted octanol–water partition coefficient (Wildman–Crippen LogP) is 0.443. The predicted molar refractivity (Wildman–Crippen MR) is 35.9 cm³/mol. The average molecular weight is 196 g/mol. The second-order valence-electron chi connectivity index (χ2n) is 1.23. The number of carbonyl (C=O) groups is 1. The van der Waals surface area contributed by atoms with Gasteiger partial charge in [-0.15, -0.1) is 4.91 Å². The number of nitroso groups, excluding NO2 is 1. The third-order valence-corrected chi connectivity index (χ3v) is 1.00. The van der Waals surface area contributed by atoms with E-state index < -0.39 is 6.03 Å². The fourth-order valence-corrected chi connectivity index (χ4v) is 0.607. The first kappa shape index (κ1) is 8.35. The Labute approximate surface area is 60.3 Å². The van der Waals surface area contributed by atoms with Crippen molar-refractivity contribution in [3.63, 3.8) is 0 Å². The highest BCUT2D eigenvalue weighted by molar-refractivity contribution is 9.09. The Bertz CT molecular complexity index is 118. The maximum Gasteiger partial charge on any atom is 0.337 e. The monoisotopic (exact) mass is 195 g/mol. The number of halogens is 1. The smallest absolute Gasteiger partial charge is 0.337 e. The van der Waals surface area contributed by atoms with E-state index in [1.165, 1.54) is 0 Å². The number of hydrogen-bond donors (Lipinski definition) is 1. The first-order chi connectivity index (χ1) is 4.22. The van der Waals surface area contributed by atoms with Crippen molar-refractivity contribution in [3.8, 4) is 0 Å². The van der Waals surface area contributed by atoms with E-state index in [0.29, 0.717) is 10.3 Å². The zero-order chi connectivity index (χ0) is 7.28. The van der Waals surface area contributed by atoms with E-state index in [1.54, 1.807) is 0 Å². The Morgan fingerprint density at radius 1 is 1.78 bits per heavy atom. The summed E-state index contributed by atoms with van der Waals surface area (Å²) in [5, 5.41) is 3.48. The molecular formula is C3H6BrN3O2. The molecule has 0 aromatic heterocycles. The highest BCUT2D eigenvalue weighted by Crippen LogP contribution is 1.89. The number of nitrogens with zero attached hydrogens (tertiary/aromatic N) is 2. The summed E-state index contributed by atoms with van der Waals surface area (Å²) in [6.45, 7) is 0.207. The molecular weight excluding hydrogens is 190 g/mol. The minimum absolute atomic E-state index is 0.207. The topological polar surface area (TPSA) is 75.8 Å². The number of hydrogen-bond acceptors (Lipinski definition) is 3. The third-order valence-electron chi connectivity index (χ3n) is 0.649. The first-order valence-corrected chi connectivity index (χ1v) is 3.30. The van der Waals surface area contributed by atoms with Gasteiger partial charge in [-0.3, -0.25) is 0 Å². The molecule has 0 aliphatic carbocycles. The number of nitrogens with two attached hydrogens (primary N) is 1. The van der Waals surface area contributed by atoms with Gasteiger partial charge in [0.05, 0.1) is 11.8 Å². The molecule has 0 saturated carbocycles. The summed E-state index contributed by atoms with van der Waals surface area (Å²) >= 11 is 3.01. The zero-order valence-corrected chi connectivity index (χ0v) is 6.17. The van der Waals surface area contributed by atoms with Gasteiger partial charge in [0.15, 0.2) is 0 Å². The zero-order valence-electron chi connectivity index (χ0n) is 4.58. The standard InChI is InChI=1S/C3H6BrN3O2/c4-1-2-7(6-9)3(5)8/h1-2H2,(H2,5,8). The van der Waals surface area contributed by atoms with Crippen molar-refractivity contribution >= 4 is 22.0 Å². The van der Waals surface area contributed by atoms with Gasteiger partial charge in [0, 0.05) is 5.33 Å². The van der Waals surface area contributed by atoms with Gasteiger partial charge < -0.3 is 5.73 Å². The van der Waals surface area contributed by atoms with Crippen LogP contribution < -0.4 is 5.73 Å². The van der Waals surface area contributed by atoms with Crippen LogP contribution in [0.4, 0.5) is 4.79 Å². The van der Waals surface area contributed by atoms with Gasteiger partial charge in [0.2, 0.25) is 0 Å². The van der Waals surface area contributed by atoms with Crippen LogP contribution in [0.2, 0.25) is 0 Å². The Balaban J connectivity index is 3.68. The molecule has 0 radical (unpaired) electrons. The lowest BCUT2D eigenvalue weighted by molar-refractivity contribution is 0.212. The summed E-state index contributed by atoms with van der Waals surface area (Å²) in [4.78, 5) is 19.8. The molecule has 0 aromatic rings. The molecule has 0 aromatic carbocycles. The number of primary amides is 1. The molecule has 0 unspecified atom stereocenters. The van der Waals surface area contributed by atoms with Crippen LogP contribution >= 0.6 is 15.9 Å². The second-order valence-corrected chi connectivity index (χ2v) is 2.03. The molecule has 0 fully saturated rings. The summed E-state index contributed by atoms with van der Waals surface area (Å²) < 4.78 is 0. The summed E-state index contributed by atoms with van der Waals surface area (Å²) in [5.41, 5.74) is 4.71. The number of amides is 2. The van der Waals surface area contributed by atoms with Gasteiger partial charge >= 0.3 is 6.03 Å². The molecule has 0 spiro atoms. The van der Waals surface area contributed by atoms with Crippen molar-refractivity contribution in [1.29, 1.82) is 0 Å². The molecule has 0 bridgehead atoms. The lowest BCUT2D eigenvalue weighted by Crippen LogP contribution is -2.32. The van der Waals surface area contributed by atoms with Gasteiger partial charge in [-0.2, -0.15) is 5.01 Å². The normalized spacial score (nSPS) is 8.56. The summed E-state index contributed by atoms with van der Waals surface area (Å²) in [6.07, 6.45) is 0. The van der Waals surface area contributed by atoms with Crippen molar-refractivity contribution in [2.45, 2.75) is 0 Å². The summed E-state index contributed by atoms with van der Waals surface area (Å²) in [5.74, 6) is 0. The molecule has 0 heterocycles. The van der Waals surface area contributed by atoms with Gasteiger partial charge in [-0.05, 0) is 0 Å². The van der Waals surface area contributed by atoms with E-state index in [2.05, 4.69) is 21.2 Å². The van der Waals surface area contributed by atoms with Gasteiger partial charge in [0.1, 0.15) is 0 Å². The lowest BCUT2D eigenvalue weighted by Gasteiger charge is -2.05. The van der Waals surface area contributed by atoms with Crippen LogP contribution in [0.3, 0.4) is 0 Å². The van der Waals surface area contributed by atoms with E-state index >= 15 is 0 Å². The van der Waals surface area contributed by atoms with E-state index in [1.807, 2.05) is 0 Å². The maximum absolute atomic E-state index is 10.2. The van der Waals surface area contributed by atoms with E-state index in [9.17, 15) is 9.70 Å². The SMILES string of the molecule is NC(=O)N(CCBr)N=O. The van der Waals surface area contributed by atoms with Crippen LogP contribution in [0.5, 0.6) is 0 Å². The van der Waals surface area contributed by atoms with E-state index in [4.69, 9.17) is 5.73 Å². The second kappa shape index (κ2) is 4.25. The molecule has 0 saturated heterocycles. The lowest BCUT2D eigenvalue weighted by atomic mass is 10.7. The van der Waals surface area contributed by atoms with Crippen LogP contribution in [-0.4, -0.2) is 22.9 Å². The van der Waals surface area contributed by atoms with Crippen molar-refractivity contribution in [2.24, 2.45) is 11.0 Å². The fraction of sp³-hybridized carbons (Fsp3) is 0.667. The molecule has 52 valence electrons. The fourth-order valence-electron chi connectivity index (χ4n) is 0.271. The third kappa shape index (κ3) is 3.02. The minimum Gasteiger partial charge on any atom is -0.350 e. The van der Waals surface area contributed by atoms with E-state index in [0.717, 1.165) is 0 Å². The van der Waals surface area contributed by atoms with E-state index in [-0.39, 0.29) is 6.54 Å². The van der Waals surface area contributed by atoms with Crippen LogP contribution in [0.25, 0.3) is 0 Å². The number of carbonyl (C=O) groups excluding carboxylic acids is 1. The highest BCUT2D eigenvalue weighted by atomic mass is 79.9. The molecule has 6 heteroatoms. The first-order valence-electron chi connectivity index (χ1n) is 2.18. The molecule has 2 N–H and O–H groups in total. The largest absolute Gasteiger partial charge is 0.350 e. The molecule has 0 rings (SSSR count). The number of urea groups is 1. The number of alkyl halides is 1. The van der Waals surface area contributed by atoms with Gasteiger partial charge in [0.25, 0.3) is 0 Å². The van der Waals surface area contributed by atoms with Crippen molar-refractivity contribution < 1.29 is 4.79 Å². The van der Waals surface area contributed by atoms with Gasteiger partial charge in [-0.1, -0.05) is 15.9 Å². The Morgan fingerprint density at radius 2 is 2.33 bits per heavy atom. The molecule has 0 atom stereocenters. The average Bonchev–Trinajstić information content (AvgIpc) is 1.82. The Kier molecular flexibility index (Phi) is 3.94. The minimum atomic E-state index is -0.829. The van der Waals surface area contributed by atoms with Crippen LogP contribution in [0.1, 0.15) is 0 Å². The molecule has 0 aliphatic rings. The molecule has 2 amide bonds. The quantitative estimate of drug-likeness (QED) is 0.404. The molecule has 5 nitrogen and oxygen atoms in total. The van der Waals surface area contributed by atoms with Crippen molar-refractivity contribution in [2.75, 3.05) is 11.9 Å². The molecule has 0 aliphatic heterocycles. The van der Waals surface area contributed by atoms with Gasteiger partial charge in [-0.25, -0.2) is 4.79 Å². The Hall–Kier alpha value is -0.650. The Morgan fingerprint density at radius 3 is 2.44 bits per heavy atom. The van der Waals surface area contributed by atoms with Crippen molar-refractivity contribution in [3.05, 3.63) is 4.91 Å². The maximum atomic E-state index is 10.2.